The van der Waals surface area contributed by atoms with Crippen LogP contribution in [0.1, 0.15) is 34.7 Å². The average Bonchev–Trinajstić information content (AvgIpc) is 3.21. The first-order valence-corrected chi connectivity index (χ1v) is 14.2. The van der Waals surface area contributed by atoms with Crippen molar-refractivity contribution < 1.29 is 9.59 Å². The second-order valence-corrected chi connectivity index (χ2v) is 11.8. The largest absolute Gasteiger partial charge is 0.351 e. The number of carbonyl (C=O) groups excluding carboxylic acids is 2. The van der Waals surface area contributed by atoms with E-state index in [-0.39, 0.29) is 18.2 Å². The quantitative estimate of drug-likeness (QED) is 0.241. The Hall–Kier alpha value is -3.35. The fourth-order valence-corrected chi connectivity index (χ4v) is 6.90. The molecule has 1 N–H and O–H groups in total. The summed E-state index contributed by atoms with van der Waals surface area (Å²) in [5.74, 6) is -0.180. The van der Waals surface area contributed by atoms with Gasteiger partial charge in [-0.1, -0.05) is 112 Å². The third-order valence-corrected chi connectivity index (χ3v) is 9.03. The zero-order chi connectivity index (χ0) is 26.5. The minimum atomic E-state index is -1.07. The third kappa shape index (κ3) is 5.57. The normalized spacial score (nSPS) is 18.9. The SMILES string of the molecule is Cc1ccc(SC2(C(=O)NCc3ccccc3)CC(=O)N(Cc3ccccc3)C2c2ccccc2Br)cc1. The Labute approximate surface area is 236 Å². The van der Waals surface area contributed by atoms with E-state index in [0.29, 0.717) is 13.1 Å². The standard InChI is InChI=1S/C32H29BrN2O2S/c1-23-16-18-26(19-17-23)38-32(31(37)34-21-24-10-4-2-5-11-24)20-29(36)35(22-25-12-6-3-7-13-25)30(32)27-14-8-9-15-28(27)33/h2-19,30H,20-22H2,1H3,(H,34,37). The van der Waals surface area contributed by atoms with Gasteiger partial charge in [0.05, 0.1) is 12.5 Å². The van der Waals surface area contributed by atoms with Crippen LogP contribution < -0.4 is 5.32 Å². The van der Waals surface area contributed by atoms with Gasteiger partial charge in [-0.05, 0) is 41.8 Å². The molecule has 2 amide bonds. The highest BCUT2D eigenvalue weighted by Gasteiger charge is 2.58. The number of thioether (sulfide) groups is 1. The van der Waals surface area contributed by atoms with E-state index in [2.05, 4.69) is 21.2 Å². The molecule has 2 atom stereocenters. The van der Waals surface area contributed by atoms with Gasteiger partial charge in [-0.2, -0.15) is 0 Å². The first-order valence-electron chi connectivity index (χ1n) is 12.6. The first kappa shape index (κ1) is 26.3. The minimum absolute atomic E-state index is 0.0379. The van der Waals surface area contributed by atoms with Gasteiger partial charge in [-0.15, -0.1) is 11.8 Å². The van der Waals surface area contributed by atoms with E-state index in [9.17, 15) is 9.59 Å². The highest BCUT2D eigenvalue weighted by molar-refractivity contribution is 9.10. The van der Waals surface area contributed by atoms with E-state index in [1.807, 2.05) is 121 Å². The van der Waals surface area contributed by atoms with Crippen LogP contribution in [0.25, 0.3) is 0 Å². The second kappa shape index (κ2) is 11.6. The third-order valence-electron chi connectivity index (χ3n) is 6.88. The van der Waals surface area contributed by atoms with Crippen LogP contribution in [0.15, 0.2) is 119 Å². The fourth-order valence-electron chi connectivity index (χ4n) is 4.98. The van der Waals surface area contributed by atoms with Gasteiger partial charge in [-0.25, -0.2) is 0 Å². The molecule has 1 heterocycles. The van der Waals surface area contributed by atoms with Crippen LogP contribution in [0.5, 0.6) is 0 Å². The maximum absolute atomic E-state index is 14.3. The summed E-state index contributed by atoms with van der Waals surface area (Å²) in [4.78, 5) is 31.0. The number of nitrogens with one attached hydrogen (secondary N) is 1. The molecule has 1 fully saturated rings. The predicted molar refractivity (Wildman–Crippen MR) is 157 cm³/mol. The summed E-state index contributed by atoms with van der Waals surface area (Å²) in [6.07, 6.45) is 0.102. The van der Waals surface area contributed by atoms with Gasteiger partial charge >= 0.3 is 0 Å². The molecular weight excluding hydrogens is 556 g/mol. The van der Waals surface area contributed by atoms with Gasteiger partial charge < -0.3 is 10.2 Å². The molecule has 1 aliphatic heterocycles. The average molecular weight is 586 g/mol. The van der Waals surface area contributed by atoms with Crippen LogP contribution in [0.2, 0.25) is 0 Å². The molecule has 0 aliphatic carbocycles. The Morgan fingerprint density at radius 1 is 0.895 bits per heavy atom. The first-order chi connectivity index (χ1) is 18.5. The summed E-state index contributed by atoms with van der Waals surface area (Å²) in [6, 6.07) is 35.4. The van der Waals surface area contributed by atoms with Crippen LogP contribution in [0, 0.1) is 6.92 Å². The molecule has 4 aromatic carbocycles. The van der Waals surface area contributed by atoms with E-state index in [0.717, 1.165) is 31.6 Å². The second-order valence-electron chi connectivity index (χ2n) is 9.58. The number of aryl methyl sites for hydroxylation is 1. The Bertz CT molecular complexity index is 1410. The molecule has 0 bridgehead atoms. The maximum atomic E-state index is 14.3. The summed E-state index contributed by atoms with van der Waals surface area (Å²) in [6.45, 7) is 2.86. The summed E-state index contributed by atoms with van der Waals surface area (Å²) < 4.78 is -0.192. The molecule has 0 radical (unpaired) electrons. The molecule has 5 rings (SSSR count). The molecule has 6 heteroatoms. The van der Waals surface area contributed by atoms with Crippen molar-refractivity contribution in [2.75, 3.05) is 0 Å². The topological polar surface area (TPSA) is 49.4 Å². The summed E-state index contributed by atoms with van der Waals surface area (Å²) >= 11 is 5.22. The van der Waals surface area contributed by atoms with Gasteiger partial charge in [0.1, 0.15) is 4.75 Å². The molecule has 2 unspecified atom stereocenters. The number of likely N-dealkylation sites (tertiary alicyclic amines) is 1. The molecule has 0 aromatic heterocycles. The van der Waals surface area contributed by atoms with Gasteiger partial charge in [0.2, 0.25) is 11.8 Å². The van der Waals surface area contributed by atoms with Gasteiger partial charge in [0.15, 0.2) is 0 Å². The van der Waals surface area contributed by atoms with Gasteiger partial charge in [0.25, 0.3) is 0 Å². The van der Waals surface area contributed by atoms with Crippen molar-refractivity contribution in [1.29, 1.82) is 0 Å². The van der Waals surface area contributed by atoms with Crippen molar-refractivity contribution in [3.05, 3.63) is 136 Å². The number of nitrogens with zero attached hydrogens (tertiary/aromatic N) is 1. The van der Waals surface area contributed by atoms with E-state index in [1.54, 1.807) is 0 Å². The van der Waals surface area contributed by atoms with Crippen molar-refractivity contribution >= 4 is 39.5 Å². The molecule has 4 aromatic rings. The van der Waals surface area contributed by atoms with Crippen molar-refractivity contribution in [2.24, 2.45) is 0 Å². The zero-order valence-corrected chi connectivity index (χ0v) is 23.5. The highest BCUT2D eigenvalue weighted by Crippen LogP contribution is 2.54. The summed E-state index contributed by atoms with van der Waals surface area (Å²) in [7, 11) is 0. The molecule has 1 aliphatic rings. The lowest BCUT2D eigenvalue weighted by Gasteiger charge is -2.37. The molecule has 0 saturated carbocycles. The number of hydrogen-bond donors (Lipinski definition) is 1. The predicted octanol–water partition coefficient (Wildman–Crippen LogP) is 7.08. The Morgan fingerprint density at radius 2 is 1.50 bits per heavy atom. The Kier molecular flexibility index (Phi) is 8.01. The van der Waals surface area contributed by atoms with Crippen molar-refractivity contribution in [3.8, 4) is 0 Å². The van der Waals surface area contributed by atoms with E-state index in [1.165, 1.54) is 11.8 Å². The van der Waals surface area contributed by atoms with Crippen LogP contribution in [0.4, 0.5) is 0 Å². The lowest BCUT2D eigenvalue weighted by molar-refractivity contribution is -0.129. The van der Waals surface area contributed by atoms with Gasteiger partial charge in [-0.3, -0.25) is 9.59 Å². The molecular formula is C32H29BrN2O2S. The van der Waals surface area contributed by atoms with E-state index >= 15 is 0 Å². The highest BCUT2D eigenvalue weighted by atomic mass is 79.9. The Morgan fingerprint density at radius 3 is 2.16 bits per heavy atom. The monoisotopic (exact) mass is 584 g/mol. The minimum Gasteiger partial charge on any atom is -0.351 e. The van der Waals surface area contributed by atoms with Crippen LogP contribution in [-0.2, 0) is 22.7 Å². The molecule has 1 saturated heterocycles. The number of hydrogen-bond acceptors (Lipinski definition) is 3. The molecule has 4 nitrogen and oxygen atoms in total. The lowest BCUT2D eigenvalue weighted by atomic mass is 9.91. The molecule has 192 valence electrons. The van der Waals surface area contributed by atoms with Crippen LogP contribution in [-0.4, -0.2) is 21.5 Å². The van der Waals surface area contributed by atoms with Crippen molar-refractivity contribution in [2.45, 2.75) is 42.1 Å². The number of benzene rings is 4. The van der Waals surface area contributed by atoms with E-state index < -0.39 is 10.8 Å². The number of halogens is 1. The number of carbonyl (C=O) groups is 2. The summed E-state index contributed by atoms with van der Waals surface area (Å²) in [5.41, 5.74) is 4.11. The Balaban J connectivity index is 1.60. The fraction of sp³-hybridized carbons (Fsp3) is 0.188. The van der Waals surface area contributed by atoms with Gasteiger partial charge in [0, 0.05) is 22.5 Å². The van der Waals surface area contributed by atoms with Crippen LogP contribution >= 0.6 is 27.7 Å². The molecule has 0 spiro atoms. The van der Waals surface area contributed by atoms with E-state index in [4.69, 9.17) is 0 Å². The van der Waals surface area contributed by atoms with Crippen molar-refractivity contribution in [3.63, 3.8) is 0 Å². The number of amides is 2. The number of rotatable bonds is 8. The maximum Gasteiger partial charge on any atom is 0.239 e. The summed E-state index contributed by atoms with van der Waals surface area (Å²) in [5, 5.41) is 3.18. The van der Waals surface area contributed by atoms with Crippen LogP contribution in [0.3, 0.4) is 0 Å². The lowest BCUT2D eigenvalue weighted by Crippen LogP contribution is -2.48. The van der Waals surface area contributed by atoms with Crippen molar-refractivity contribution in [1.82, 2.24) is 10.2 Å². The molecule has 38 heavy (non-hydrogen) atoms. The smallest absolute Gasteiger partial charge is 0.239 e. The zero-order valence-electron chi connectivity index (χ0n) is 21.1.